The Morgan fingerprint density at radius 2 is 1.10 bits per heavy atom. The summed E-state index contributed by atoms with van der Waals surface area (Å²) in [6.45, 7) is 2.13. The molecule has 4 aromatic heterocycles. The van der Waals surface area contributed by atoms with E-state index in [1.165, 1.54) is 16.3 Å². The number of benzene rings is 5. The van der Waals surface area contributed by atoms with Crippen molar-refractivity contribution in [1.29, 1.82) is 0 Å². The van der Waals surface area contributed by atoms with Crippen molar-refractivity contribution in [2.75, 3.05) is 0 Å². The summed E-state index contributed by atoms with van der Waals surface area (Å²) in [6.07, 6.45) is 7.33. The summed E-state index contributed by atoms with van der Waals surface area (Å²) in [5, 5.41) is 4.47. The maximum Gasteiger partial charge on any atom is 0.160 e. The van der Waals surface area contributed by atoms with Crippen LogP contribution >= 0.6 is 0 Å². The molecule has 9 aromatic rings. The number of aryl methyl sites for hydroxylation is 1. The summed E-state index contributed by atoms with van der Waals surface area (Å²) in [7, 11) is 0. The molecule has 0 saturated heterocycles. The maximum atomic E-state index is 5.23. The first-order valence-electron chi connectivity index (χ1n) is 16.3. The molecule has 0 N–H and O–H groups in total. The molecule has 5 nitrogen and oxygen atoms in total. The molecule has 230 valence electrons. The van der Waals surface area contributed by atoms with E-state index in [2.05, 4.69) is 132 Å². The number of rotatable bonds is 5. The Labute approximate surface area is 283 Å². The SMILES string of the molecule is Cc1cc(-c2cccnc2)ccc1-c1cc(-c2cc3cccnc3c3ncccc23)nc(-c2ccc(-c3ccc4ccccc4c3)cc2)n1. The second-order valence-electron chi connectivity index (χ2n) is 12.3. The largest absolute Gasteiger partial charge is 0.264 e. The van der Waals surface area contributed by atoms with Gasteiger partial charge >= 0.3 is 0 Å². The van der Waals surface area contributed by atoms with E-state index in [0.717, 1.165) is 72.1 Å². The third-order valence-electron chi connectivity index (χ3n) is 9.19. The van der Waals surface area contributed by atoms with Gasteiger partial charge in [0.25, 0.3) is 0 Å². The molecule has 0 aliphatic heterocycles. The normalized spacial score (nSPS) is 11.4. The maximum absolute atomic E-state index is 5.23. The highest BCUT2D eigenvalue weighted by atomic mass is 14.9. The highest BCUT2D eigenvalue weighted by Crippen LogP contribution is 2.36. The molecule has 49 heavy (non-hydrogen) atoms. The standard InChI is InChI=1S/C44H29N5/c1-28-23-33(36-10-4-20-45-27-36)18-19-37(28)40-26-41(39-25-35-9-5-21-46-42(35)43-38(39)11-6-22-47-43)49-44(48-40)31-15-12-30(13-16-31)34-17-14-29-7-2-3-8-32(29)24-34/h2-27H,1H3. The van der Waals surface area contributed by atoms with E-state index in [4.69, 9.17) is 15.0 Å². The quantitative estimate of drug-likeness (QED) is 0.178. The summed E-state index contributed by atoms with van der Waals surface area (Å²) in [5.74, 6) is 0.664. The van der Waals surface area contributed by atoms with Gasteiger partial charge in [0, 0.05) is 52.3 Å². The van der Waals surface area contributed by atoms with E-state index in [-0.39, 0.29) is 0 Å². The van der Waals surface area contributed by atoms with Crippen molar-refractivity contribution >= 4 is 32.6 Å². The molecule has 4 heterocycles. The summed E-state index contributed by atoms with van der Waals surface area (Å²) >= 11 is 0. The molecule has 0 amide bonds. The Kier molecular flexibility index (Phi) is 6.95. The van der Waals surface area contributed by atoms with Crippen LogP contribution in [0.5, 0.6) is 0 Å². The van der Waals surface area contributed by atoms with Crippen LogP contribution in [0, 0.1) is 6.92 Å². The molecule has 0 atom stereocenters. The van der Waals surface area contributed by atoms with Gasteiger partial charge in [0.1, 0.15) is 0 Å². The van der Waals surface area contributed by atoms with Gasteiger partial charge in [-0.1, -0.05) is 97.1 Å². The molecule has 0 aliphatic rings. The minimum Gasteiger partial charge on any atom is -0.264 e. The highest BCUT2D eigenvalue weighted by molar-refractivity contribution is 6.10. The lowest BCUT2D eigenvalue weighted by molar-refractivity contribution is 1.18. The molecule has 0 spiro atoms. The van der Waals surface area contributed by atoms with Gasteiger partial charge in [-0.3, -0.25) is 15.0 Å². The van der Waals surface area contributed by atoms with Crippen LogP contribution in [-0.4, -0.2) is 24.9 Å². The molecule has 0 aliphatic carbocycles. The Morgan fingerprint density at radius 1 is 0.429 bits per heavy atom. The fourth-order valence-electron chi connectivity index (χ4n) is 6.69. The summed E-state index contributed by atoms with van der Waals surface area (Å²) < 4.78 is 0. The number of hydrogen-bond donors (Lipinski definition) is 0. The zero-order valence-corrected chi connectivity index (χ0v) is 26.7. The molecule has 0 bridgehead atoms. The van der Waals surface area contributed by atoms with Crippen LogP contribution in [0.1, 0.15) is 5.56 Å². The molecule has 9 rings (SSSR count). The minimum absolute atomic E-state index is 0.664. The summed E-state index contributed by atoms with van der Waals surface area (Å²) in [6, 6.07) is 46.5. The van der Waals surface area contributed by atoms with Gasteiger partial charge in [-0.2, -0.15) is 0 Å². The van der Waals surface area contributed by atoms with Crippen molar-refractivity contribution in [3.8, 4) is 56.2 Å². The van der Waals surface area contributed by atoms with Gasteiger partial charge in [0.15, 0.2) is 5.82 Å². The smallest absolute Gasteiger partial charge is 0.160 e. The first-order chi connectivity index (χ1) is 24.2. The number of aromatic nitrogens is 5. The molecular weight excluding hydrogens is 599 g/mol. The van der Waals surface area contributed by atoms with Crippen LogP contribution in [0.15, 0.2) is 158 Å². The van der Waals surface area contributed by atoms with Crippen molar-refractivity contribution in [3.63, 3.8) is 0 Å². The fraction of sp³-hybridized carbons (Fsp3) is 0.0227. The van der Waals surface area contributed by atoms with E-state index in [0.29, 0.717) is 5.82 Å². The predicted molar refractivity (Wildman–Crippen MR) is 200 cm³/mol. The Balaban J connectivity index is 1.21. The lowest BCUT2D eigenvalue weighted by atomic mass is 9.96. The Hall–Kier alpha value is -6.59. The number of fused-ring (bicyclic) bond motifs is 4. The van der Waals surface area contributed by atoms with E-state index in [1.54, 1.807) is 6.20 Å². The van der Waals surface area contributed by atoms with E-state index < -0.39 is 0 Å². The molecule has 0 saturated carbocycles. The average molecular weight is 628 g/mol. The average Bonchev–Trinajstić information content (AvgIpc) is 3.17. The Morgan fingerprint density at radius 3 is 1.92 bits per heavy atom. The number of hydrogen-bond acceptors (Lipinski definition) is 5. The topological polar surface area (TPSA) is 64.5 Å². The van der Waals surface area contributed by atoms with Crippen LogP contribution < -0.4 is 0 Å². The van der Waals surface area contributed by atoms with Crippen molar-refractivity contribution in [2.45, 2.75) is 6.92 Å². The predicted octanol–water partition coefficient (Wildman–Crippen LogP) is 10.8. The third kappa shape index (κ3) is 5.28. The monoisotopic (exact) mass is 627 g/mol. The van der Waals surface area contributed by atoms with Crippen molar-refractivity contribution in [1.82, 2.24) is 24.9 Å². The molecule has 0 radical (unpaired) electrons. The molecule has 0 unspecified atom stereocenters. The first-order valence-corrected chi connectivity index (χ1v) is 16.3. The minimum atomic E-state index is 0.664. The van der Waals surface area contributed by atoms with Crippen molar-refractivity contribution in [2.24, 2.45) is 0 Å². The molecular formula is C44H29N5. The van der Waals surface area contributed by atoms with Gasteiger partial charge in [-0.25, -0.2) is 9.97 Å². The van der Waals surface area contributed by atoms with E-state index in [9.17, 15) is 0 Å². The molecule has 5 aromatic carbocycles. The third-order valence-corrected chi connectivity index (χ3v) is 9.19. The van der Waals surface area contributed by atoms with Crippen molar-refractivity contribution < 1.29 is 0 Å². The van der Waals surface area contributed by atoms with E-state index in [1.807, 2.05) is 36.8 Å². The van der Waals surface area contributed by atoms with E-state index >= 15 is 0 Å². The van der Waals surface area contributed by atoms with Crippen LogP contribution in [0.3, 0.4) is 0 Å². The van der Waals surface area contributed by atoms with Crippen molar-refractivity contribution in [3.05, 3.63) is 164 Å². The van der Waals surface area contributed by atoms with Gasteiger partial charge in [-0.05, 0) is 81.9 Å². The van der Waals surface area contributed by atoms with Gasteiger partial charge < -0.3 is 0 Å². The lowest BCUT2D eigenvalue weighted by Crippen LogP contribution is -1.98. The second-order valence-corrected chi connectivity index (χ2v) is 12.3. The highest BCUT2D eigenvalue weighted by Gasteiger charge is 2.17. The van der Waals surface area contributed by atoms with Crippen LogP contribution in [0.4, 0.5) is 0 Å². The number of nitrogens with zero attached hydrogens (tertiary/aromatic N) is 5. The Bertz CT molecular complexity index is 2670. The zero-order chi connectivity index (χ0) is 32.7. The number of pyridine rings is 3. The molecule has 0 fully saturated rings. The van der Waals surface area contributed by atoms with Gasteiger partial charge in [0.2, 0.25) is 0 Å². The second kappa shape index (κ2) is 11.9. The molecule has 5 heteroatoms. The van der Waals surface area contributed by atoms with Crippen LogP contribution in [0.25, 0.3) is 88.7 Å². The summed E-state index contributed by atoms with van der Waals surface area (Å²) in [4.78, 5) is 24.2. The first kappa shape index (κ1) is 28.6. The van der Waals surface area contributed by atoms with Crippen LogP contribution in [0.2, 0.25) is 0 Å². The summed E-state index contributed by atoms with van der Waals surface area (Å²) in [5.41, 5.74) is 12.1. The fourth-order valence-corrected chi connectivity index (χ4v) is 6.69. The lowest BCUT2D eigenvalue weighted by Gasteiger charge is -2.14. The van der Waals surface area contributed by atoms with Gasteiger partial charge in [-0.15, -0.1) is 0 Å². The zero-order valence-electron chi connectivity index (χ0n) is 26.7. The van der Waals surface area contributed by atoms with Gasteiger partial charge in [0.05, 0.1) is 22.4 Å². The van der Waals surface area contributed by atoms with Crippen LogP contribution in [-0.2, 0) is 0 Å².